The molecule has 0 bridgehead atoms. The van der Waals surface area contributed by atoms with E-state index in [1.165, 1.54) is 44.7 Å². The van der Waals surface area contributed by atoms with Gasteiger partial charge in [-0.05, 0) is 192 Å². The Bertz CT molecular complexity index is 5400. The second-order valence-electron chi connectivity index (χ2n) is 36.6. The lowest BCUT2D eigenvalue weighted by atomic mass is 10.1. The molecule has 12 atom stereocenters. The molecule has 0 radical (unpaired) electrons. The van der Waals surface area contributed by atoms with Crippen molar-refractivity contribution >= 4 is 104 Å². The number of amides is 1. The van der Waals surface area contributed by atoms with Crippen LogP contribution in [0.3, 0.4) is 0 Å². The predicted molar refractivity (Wildman–Crippen MR) is 459 cm³/mol. The number of carbonyl (C=O) groups excluding carboxylic acids is 1. The van der Waals surface area contributed by atoms with Gasteiger partial charge in [0.1, 0.15) is 59.0 Å². The molecule has 6 aliphatic carbocycles. The second-order valence-corrected chi connectivity index (χ2v) is 50.9. The Kier molecular flexibility index (Phi) is 24.8. The number of nitrogens with two attached hydrogens (primary N) is 3. The van der Waals surface area contributed by atoms with Crippen molar-refractivity contribution in [2.75, 3.05) is 49.7 Å². The molecule has 9 aromatic rings. The Morgan fingerprint density at radius 2 is 0.802 bits per heavy atom. The van der Waals surface area contributed by atoms with Gasteiger partial charge in [-0.2, -0.15) is 38.2 Å². The Balaban J connectivity index is 0.000000153. The summed E-state index contributed by atoms with van der Waals surface area (Å²) in [5.41, 5.74) is 9.71. The first-order valence-corrected chi connectivity index (χ1v) is 50.7. The lowest BCUT2D eigenvalue weighted by Crippen LogP contribution is -2.49. The summed E-state index contributed by atoms with van der Waals surface area (Å²) in [6.45, 7) is 27.5. The van der Waals surface area contributed by atoms with Gasteiger partial charge in [0.05, 0.1) is 52.6 Å². The zero-order chi connectivity index (χ0) is 83.6. The van der Waals surface area contributed by atoms with Crippen LogP contribution in [0.15, 0.2) is 129 Å². The maximum atomic E-state index is 13.1. The van der Waals surface area contributed by atoms with Crippen LogP contribution in [0.2, 0.25) is 36.3 Å². The van der Waals surface area contributed by atoms with E-state index in [9.17, 15) is 35.2 Å². The Hall–Kier alpha value is -7.85. The van der Waals surface area contributed by atoms with Gasteiger partial charge < -0.3 is 48.3 Å². The molecule has 6 heterocycles. The van der Waals surface area contributed by atoms with Crippen molar-refractivity contribution in [1.82, 2.24) is 56.5 Å². The first-order chi connectivity index (χ1) is 54.4. The third-order valence-electron chi connectivity index (χ3n) is 25.5. The second kappa shape index (κ2) is 33.4. The van der Waals surface area contributed by atoms with Gasteiger partial charge in [0.2, 0.25) is 0 Å². The highest BCUT2D eigenvalue weighted by Crippen LogP contribution is 2.49. The zero-order valence-electron chi connectivity index (χ0n) is 69.5. The zero-order valence-corrected chi connectivity index (χ0v) is 74.0. The average molecular weight is 1680 g/mol. The van der Waals surface area contributed by atoms with Crippen molar-refractivity contribution in [2.24, 2.45) is 33.2 Å². The smallest absolute Gasteiger partial charge is 0.425 e. The Morgan fingerprint density at radius 3 is 1.14 bits per heavy atom. The van der Waals surface area contributed by atoms with Crippen LogP contribution in [0.25, 0.3) is 33.1 Å². The van der Waals surface area contributed by atoms with Crippen molar-refractivity contribution in [3.63, 3.8) is 0 Å². The van der Waals surface area contributed by atoms with Crippen molar-refractivity contribution in [3.8, 4) is 0 Å². The van der Waals surface area contributed by atoms with Gasteiger partial charge in [-0.1, -0.05) is 114 Å². The van der Waals surface area contributed by atoms with Crippen LogP contribution in [-0.4, -0.2) is 167 Å². The molecule has 0 saturated heterocycles. The van der Waals surface area contributed by atoms with Crippen LogP contribution < -0.4 is 31.4 Å². The molecule has 34 heteroatoms. The third-order valence-corrected chi connectivity index (χ3v) is 37.5. The van der Waals surface area contributed by atoms with Crippen LogP contribution in [0.5, 0.6) is 0 Å². The average Bonchev–Trinajstić information content (AvgIpc) is 1.63. The van der Waals surface area contributed by atoms with E-state index in [0.29, 0.717) is 36.5 Å². The molecule has 628 valence electrons. The summed E-state index contributed by atoms with van der Waals surface area (Å²) >= 11 is 0. The molecule has 0 spiro atoms. The number of rotatable bonds is 22. The highest BCUT2D eigenvalue weighted by Gasteiger charge is 2.49. The molecule has 6 aliphatic rings. The molecule has 6 aromatic heterocycles. The maximum absolute atomic E-state index is 13.1. The number of nitrogens with zero attached hydrogens (tertiary/aromatic N) is 12. The fourth-order valence-electron chi connectivity index (χ4n) is 17.3. The largest absolute Gasteiger partial charge is 0.443 e. The van der Waals surface area contributed by atoms with Gasteiger partial charge in [-0.25, -0.2) is 50.1 Å². The number of hydrogen-bond acceptors (Lipinski definition) is 20. The van der Waals surface area contributed by atoms with E-state index in [1.807, 2.05) is 24.5 Å². The van der Waals surface area contributed by atoms with E-state index in [2.05, 4.69) is 212 Å². The number of ether oxygens (including phenoxy) is 1. The van der Waals surface area contributed by atoms with Crippen molar-refractivity contribution in [3.05, 3.63) is 162 Å². The monoisotopic (exact) mass is 1680 g/mol. The third kappa shape index (κ3) is 19.1. The molecule has 1 amide bonds. The van der Waals surface area contributed by atoms with Crippen LogP contribution in [0.1, 0.15) is 190 Å². The minimum absolute atomic E-state index is 0.0244. The van der Waals surface area contributed by atoms with Gasteiger partial charge in [-0.15, -0.1) is 0 Å². The van der Waals surface area contributed by atoms with E-state index < -0.39 is 65.1 Å². The number of carbonyl (C=O) groups is 1. The molecule has 10 N–H and O–H groups in total. The van der Waals surface area contributed by atoms with E-state index in [4.69, 9.17) is 29.0 Å². The number of aliphatic hydroxyl groups excluding tert-OH is 1. The summed E-state index contributed by atoms with van der Waals surface area (Å²) < 4.78 is 101. The minimum atomic E-state index is -4.39. The number of aromatic nitrogens is 9. The van der Waals surface area contributed by atoms with Crippen LogP contribution in [0, 0.1) is 17.8 Å². The molecule has 29 nitrogen and oxygen atoms in total. The fraction of sp³-hybridized carbons (Fsp3) is 0.549. The van der Waals surface area contributed by atoms with Crippen molar-refractivity contribution < 1.29 is 48.7 Å². The number of aliphatic hydroxyl groups is 1. The number of fused-ring (bicyclic) bond motifs is 6. The molecule has 3 aromatic carbocycles. The maximum Gasteiger partial charge on any atom is 0.425 e. The molecular formula is C82H118N18O11S3Si2. The Morgan fingerprint density at radius 1 is 0.474 bits per heavy atom. The van der Waals surface area contributed by atoms with Crippen LogP contribution >= 0.6 is 0 Å². The number of nitrogens with one attached hydrogen (secondary N) is 3. The fourth-order valence-corrected chi connectivity index (χ4v) is 21.5. The first-order valence-electron chi connectivity index (χ1n) is 40.4. The predicted octanol–water partition coefficient (Wildman–Crippen LogP) is 13.3. The Labute approximate surface area is 685 Å². The summed E-state index contributed by atoms with van der Waals surface area (Å²) in [5, 5.41) is 40.6. The van der Waals surface area contributed by atoms with E-state index in [-0.39, 0.29) is 89.4 Å². The topological polar surface area (TPSA) is 383 Å². The quantitative estimate of drug-likeness (QED) is 0.0310. The number of aryl methyl sites for hydroxylation is 3. The molecule has 116 heavy (non-hydrogen) atoms. The lowest BCUT2D eigenvalue weighted by molar-refractivity contribution is 0.0341. The summed E-state index contributed by atoms with van der Waals surface area (Å²) in [6.07, 6.45) is 19.1. The molecule has 0 unspecified atom stereocenters. The molecule has 3 fully saturated rings. The summed E-state index contributed by atoms with van der Waals surface area (Å²) in [7, 11) is -13.3. The van der Waals surface area contributed by atoms with Crippen molar-refractivity contribution in [1.29, 1.82) is 0 Å². The summed E-state index contributed by atoms with van der Waals surface area (Å²) in [6, 6.07) is 32.5. The standard InChI is InChI=1S/C32H48N6O5SSi.C28H42N6O3SSi.C22H28N6O3S/c1-31(2,3)42-30(39)38(44(33,40)41)19-22-17-23(18-27(22)43-45(7,8)32(4,5)6)37-16-15-25-28(34-20-35-29(25)37)36-26-14-13-21-11-9-10-12-24(21)26;1-28(2,3)39(5,6)37-25-16-21(15-20(25)17-33(4)38(29,35)36)34-14-13-23-26(30-18-31-27(23)34)32-24-12-11-19-9-7-8-10-22(19)24;1-27(32(23,30)31)12-15-10-16(11-20(15)29)28-9-8-18-21(24-13-25-22(18)28)26-19-7-6-14-4-2-3-5-17(14)19/h9-12,15-16,20,22-23,26-27H,13-14,17-19H2,1-8H3,(H2,33,40,41)(H,34,35,36);7-10,13-14,18,20-21,24-25H,11-12,15-17H2,1-6H3,(H2,29,35,36)(H,30,31,32);2-5,8-9,13,15-16,19-20,29H,6-7,10-12H2,1H3,(H2,23,30,31)(H,24,25,26)/t22-,23+,26-,27-;20-,21+,24-,25-;15-,16+,19-,20-/m000/s1. The van der Waals surface area contributed by atoms with E-state index in [0.717, 1.165) is 106 Å². The lowest BCUT2D eigenvalue weighted by Gasteiger charge is -2.40. The number of hydrogen-bond donors (Lipinski definition) is 7. The molecule has 0 aliphatic heterocycles. The first kappa shape index (κ1) is 86.0. The number of benzene rings is 3. The minimum Gasteiger partial charge on any atom is -0.443 e. The molecular weight excluding hydrogens is 1570 g/mol. The van der Waals surface area contributed by atoms with Gasteiger partial charge in [0.15, 0.2) is 16.6 Å². The highest BCUT2D eigenvalue weighted by atomic mass is 32.2. The SMILES string of the molecule is CC(C)(C)OC(=O)N(C[C@@H]1C[C@@H](n2ccc3c(N[C@H]4CCc5ccccc54)ncnc32)C[C@@H]1O[Si](C)(C)C(C)(C)C)S(N)(=O)=O.CN(C[C@@H]1C[C@@H](n2ccc3c(N[C@H]4CCc5ccccc54)ncnc32)C[C@@H]1O)S(N)(=O)=O.CN(C[C@@H]1C[C@@H](n2ccc3c(N[C@H]4CCc5ccccc54)ncnc32)C[C@@H]1O[Si](C)(C)C(C)(C)C)S(N)(=O)=O. The van der Waals surface area contributed by atoms with E-state index >= 15 is 0 Å². The highest BCUT2D eigenvalue weighted by molar-refractivity contribution is 7.87. The van der Waals surface area contributed by atoms with Gasteiger partial charge in [0.25, 0.3) is 20.4 Å². The number of anilines is 3. The van der Waals surface area contributed by atoms with Crippen molar-refractivity contribution in [2.45, 2.75) is 236 Å². The normalized spacial score (nSPS) is 23.8. The molecule has 15 rings (SSSR count). The van der Waals surface area contributed by atoms with Crippen LogP contribution in [0.4, 0.5) is 22.2 Å². The van der Waals surface area contributed by atoms with E-state index in [1.54, 1.807) is 46.8 Å². The molecule has 3 saturated carbocycles. The van der Waals surface area contributed by atoms with Crippen LogP contribution in [-0.2, 0) is 63.5 Å². The van der Waals surface area contributed by atoms with Gasteiger partial charge >= 0.3 is 16.3 Å². The summed E-state index contributed by atoms with van der Waals surface area (Å²) in [4.78, 5) is 40.7. The van der Waals surface area contributed by atoms with Gasteiger partial charge in [-0.3, -0.25) is 0 Å². The van der Waals surface area contributed by atoms with Gasteiger partial charge in [0, 0.05) is 82.3 Å². The summed E-state index contributed by atoms with van der Waals surface area (Å²) in [5.74, 6) is 1.98.